The van der Waals surface area contributed by atoms with Crippen molar-refractivity contribution in [3.05, 3.63) is 50.1 Å². The van der Waals surface area contributed by atoms with Gasteiger partial charge in [-0.2, -0.15) is 0 Å². The summed E-state index contributed by atoms with van der Waals surface area (Å²) in [4.78, 5) is 1.22. The predicted octanol–water partition coefficient (Wildman–Crippen LogP) is 4.43. The summed E-state index contributed by atoms with van der Waals surface area (Å²) in [5.74, 6) is 0.917. The first-order valence-electron chi connectivity index (χ1n) is 6.46. The van der Waals surface area contributed by atoms with Gasteiger partial charge in [0, 0.05) is 20.8 Å². The Morgan fingerprint density at radius 3 is 3.05 bits per heavy atom. The highest BCUT2D eigenvalue weighted by atomic mass is 79.9. The molecule has 0 amide bonds. The Labute approximate surface area is 125 Å². The van der Waals surface area contributed by atoms with Crippen LogP contribution in [-0.2, 0) is 13.0 Å². The van der Waals surface area contributed by atoms with E-state index in [1.165, 1.54) is 22.4 Å². The summed E-state index contributed by atoms with van der Waals surface area (Å²) >= 11 is 5.16. The second kappa shape index (κ2) is 5.65. The maximum atomic E-state index is 6.17. The van der Waals surface area contributed by atoms with E-state index >= 15 is 0 Å². The number of thiophene rings is 1. The lowest BCUT2D eigenvalue weighted by molar-refractivity contribution is 0.309. The van der Waals surface area contributed by atoms with Crippen LogP contribution in [-0.4, -0.2) is 0 Å². The molecule has 2 aromatic rings. The van der Waals surface area contributed by atoms with Crippen molar-refractivity contribution >= 4 is 27.3 Å². The minimum Gasteiger partial charge on any atom is -0.488 e. The topological polar surface area (TPSA) is 35.2 Å². The monoisotopic (exact) mass is 337 g/mol. The number of hydrogen-bond donors (Lipinski definition) is 1. The summed E-state index contributed by atoms with van der Waals surface area (Å²) < 4.78 is 6.97. The molecule has 1 heterocycles. The van der Waals surface area contributed by atoms with E-state index in [1.807, 2.05) is 0 Å². The molecule has 0 fully saturated rings. The Balaban J connectivity index is 1.73. The fourth-order valence-electron chi connectivity index (χ4n) is 2.49. The number of benzene rings is 1. The van der Waals surface area contributed by atoms with Crippen molar-refractivity contribution in [1.29, 1.82) is 0 Å². The molecule has 0 spiro atoms. The Morgan fingerprint density at radius 1 is 1.37 bits per heavy atom. The largest absolute Gasteiger partial charge is 0.488 e. The van der Waals surface area contributed by atoms with E-state index in [0.717, 1.165) is 23.1 Å². The van der Waals surface area contributed by atoms with Crippen molar-refractivity contribution < 1.29 is 4.74 Å². The average Bonchev–Trinajstić information content (AvgIpc) is 2.83. The summed E-state index contributed by atoms with van der Waals surface area (Å²) in [5.41, 5.74) is 8.81. The number of rotatable bonds is 3. The summed E-state index contributed by atoms with van der Waals surface area (Å²) in [5, 5.41) is 2.07. The maximum Gasteiger partial charge on any atom is 0.122 e. The van der Waals surface area contributed by atoms with Gasteiger partial charge < -0.3 is 10.5 Å². The van der Waals surface area contributed by atoms with Crippen molar-refractivity contribution in [3.63, 3.8) is 0 Å². The third-order valence-corrected chi connectivity index (χ3v) is 5.15. The van der Waals surface area contributed by atoms with Crippen LogP contribution in [0, 0.1) is 0 Å². The van der Waals surface area contributed by atoms with Crippen molar-refractivity contribution in [2.24, 2.45) is 5.73 Å². The van der Waals surface area contributed by atoms with Crippen LogP contribution in [0.1, 0.15) is 34.9 Å². The van der Waals surface area contributed by atoms with E-state index in [0.29, 0.717) is 6.61 Å². The van der Waals surface area contributed by atoms with Gasteiger partial charge in [0.25, 0.3) is 0 Å². The van der Waals surface area contributed by atoms with E-state index in [2.05, 4.69) is 45.6 Å². The van der Waals surface area contributed by atoms with Gasteiger partial charge in [0.05, 0.1) is 0 Å². The van der Waals surface area contributed by atoms with Gasteiger partial charge in [0.15, 0.2) is 0 Å². The molecule has 0 bridgehead atoms. The van der Waals surface area contributed by atoms with Crippen molar-refractivity contribution in [2.45, 2.75) is 31.9 Å². The minimum atomic E-state index is 0.170. The first kappa shape index (κ1) is 13.2. The van der Waals surface area contributed by atoms with Gasteiger partial charge in [-0.25, -0.2) is 0 Å². The van der Waals surface area contributed by atoms with Gasteiger partial charge in [-0.15, -0.1) is 11.3 Å². The van der Waals surface area contributed by atoms with Gasteiger partial charge >= 0.3 is 0 Å². The van der Waals surface area contributed by atoms with E-state index in [1.54, 1.807) is 11.3 Å². The smallest absolute Gasteiger partial charge is 0.122 e. The van der Waals surface area contributed by atoms with Gasteiger partial charge in [0.1, 0.15) is 12.4 Å². The third-order valence-electron chi connectivity index (χ3n) is 3.48. The van der Waals surface area contributed by atoms with Gasteiger partial charge in [-0.1, -0.05) is 6.07 Å². The Bertz CT molecular complexity index is 581. The van der Waals surface area contributed by atoms with Crippen molar-refractivity contribution in [2.75, 3.05) is 0 Å². The van der Waals surface area contributed by atoms with Crippen LogP contribution in [0.2, 0.25) is 0 Å². The van der Waals surface area contributed by atoms with Crippen LogP contribution < -0.4 is 10.5 Å². The molecular weight excluding hydrogens is 322 g/mol. The van der Waals surface area contributed by atoms with Gasteiger partial charge in [0.2, 0.25) is 0 Å². The molecule has 1 aromatic carbocycles. The number of hydrogen-bond acceptors (Lipinski definition) is 3. The zero-order valence-corrected chi connectivity index (χ0v) is 13.0. The number of halogens is 1. The minimum absolute atomic E-state index is 0.170. The second-order valence-corrected chi connectivity index (χ2v) is 6.79. The van der Waals surface area contributed by atoms with Crippen LogP contribution in [0.3, 0.4) is 0 Å². The van der Waals surface area contributed by atoms with E-state index < -0.39 is 0 Å². The number of ether oxygens (including phenoxy) is 1. The average molecular weight is 338 g/mol. The molecule has 4 heteroatoms. The van der Waals surface area contributed by atoms with Crippen LogP contribution in [0.25, 0.3) is 0 Å². The molecule has 1 aliphatic rings. The lowest BCUT2D eigenvalue weighted by Crippen LogP contribution is -2.17. The number of aryl methyl sites for hydroxylation is 1. The Kier molecular flexibility index (Phi) is 3.91. The lowest BCUT2D eigenvalue weighted by atomic mass is 9.88. The van der Waals surface area contributed by atoms with E-state index in [9.17, 15) is 0 Å². The molecule has 0 radical (unpaired) electrons. The molecule has 1 atom stereocenters. The summed E-state index contributed by atoms with van der Waals surface area (Å²) in [7, 11) is 0. The zero-order chi connectivity index (χ0) is 13.2. The predicted molar refractivity (Wildman–Crippen MR) is 82.7 cm³/mol. The molecule has 3 rings (SSSR count). The lowest BCUT2D eigenvalue weighted by Gasteiger charge is -2.22. The van der Waals surface area contributed by atoms with Crippen LogP contribution in [0.15, 0.2) is 34.1 Å². The highest BCUT2D eigenvalue weighted by Gasteiger charge is 2.17. The fourth-order valence-corrected chi connectivity index (χ4v) is 3.85. The standard InChI is InChI=1S/C15H16BrNOS/c16-11-6-13(19-9-11)8-18-12-5-4-10-2-1-3-15(17)14(10)7-12/h4-7,9,15H,1-3,8,17H2/t15-/m0/s1. The SMILES string of the molecule is N[C@H]1CCCc2ccc(OCc3cc(Br)cs3)cc21. The Hall–Kier alpha value is -0.840. The van der Waals surface area contributed by atoms with Gasteiger partial charge in [-0.3, -0.25) is 0 Å². The fraction of sp³-hybridized carbons (Fsp3) is 0.333. The highest BCUT2D eigenvalue weighted by Crippen LogP contribution is 2.31. The molecule has 0 unspecified atom stereocenters. The zero-order valence-electron chi connectivity index (χ0n) is 10.6. The molecular formula is C15H16BrNOS. The van der Waals surface area contributed by atoms with Crippen LogP contribution >= 0.6 is 27.3 Å². The van der Waals surface area contributed by atoms with Gasteiger partial charge in [-0.05, 0) is 64.5 Å². The third kappa shape index (κ3) is 3.02. The van der Waals surface area contributed by atoms with Crippen LogP contribution in [0.5, 0.6) is 5.75 Å². The molecule has 1 aromatic heterocycles. The summed E-state index contributed by atoms with van der Waals surface area (Å²) in [6, 6.07) is 8.59. The van der Waals surface area contributed by atoms with Crippen LogP contribution in [0.4, 0.5) is 0 Å². The molecule has 19 heavy (non-hydrogen) atoms. The van der Waals surface area contributed by atoms with E-state index in [4.69, 9.17) is 10.5 Å². The second-order valence-electron chi connectivity index (χ2n) is 4.88. The highest BCUT2D eigenvalue weighted by molar-refractivity contribution is 9.10. The molecule has 0 saturated heterocycles. The van der Waals surface area contributed by atoms with Crippen molar-refractivity contribution in [3.8, 4) is 5.75 Å². The molecule has 2 nitrogen and oxygen atoms in total. The normalized spacial score (nSPS) is 18.1. The quantitative estimate of drug-likeness (QED) is 0.899. The molecule has 0 aliphatic heterocycles. The first-order chi connectivity index (χ1) is 9.22. The summed E-state index contributed by atoms with van der Waals surface area (Å²) in [6.45, 7) is 0.615. The molecule has 0 saturated carbocycles. The maximum absolute atomic E-state index is 6.17. The first-order valence-corrected chi connectivity index (χ1v) is 8.14. The molecule has 1 aliphatic carbocycles. The summed E-state index contributed by atoms with van der Waals surface area (Å²) in [6.07, 6.45) is 3.41. The number of fused-ring (bicyclic) bond motifs is 1. The Morgan fingerprint density at radius 2 is 2.26 bits per heavy atom. The van der Waals surface area contributed by atoms with E-state index in [-0.39, 0.29) is 6.04 Å². The number of nitrogens with two attached hydrogens (primary N) is 1. The van der Waals surface area contributed by atoms with Crippen molar-refractivity contribution in [1.82, 2.24) is 0 Å². The molecule has 2 N–H and O–H groups in total. The molecule has 100 valence electrons.